The molecule has 16 heavy (non-hydrogen) atoms. The van der Waals surface area contributed by atoms with Crippen molar-refractivity contribution in [2.45, 2.75) is 26.1 Å². The Bertz CT molecular complexity index is 389. The minimum atomic E-state index is -0.192. The summed E-state index contributed by atoms with van der Waals surface area (Å²) in [6, 6.07) is 0. The summed E-state index contributed by atoms with van der Waals surface area (Å²) in [4.78, 5) is 12.1. The first-order chi connectivity index (χ1) is 7.60. The number of hydrazone groups is 1. The maximum Gasteiger partial charge on any atom is 0.253 e. The predicted octanol–water partition coefficient (Wildman–Crippen LogP) is 1.22. The van der Waals surface area contributed by atoms with Crippen LogP contribution in [-0.2, 0) is 9.53 Å². The molecule has 0 spiro atoms. The van der Waals surface area contributed by atoms with Gasteiger partial charge >= 0.3 is 0 Å². The summed E-state index contributed by atoms with van der Waals surface area (Å²) in [5, 5.41) is 5.65. The number of methoxy groups -OCH3 is 1. The van der Waals surface area contributed by atoms with Gasteiger partial charge in [0.25, 0.3) is 5.91 Å². The van der Waals surface area contributed by atoms with Crippen LogP contribution in [0.3, 0.4) is 0 Å². The van der Waals surface area contributed by atoms with Gasteiger partial charge in [-0.2, -0.15) is 5.10 Å². The quantitative estimate of drug-likeness (QED) is 0.655. The molecule has 0 bridgehead atoms. The molecule has 85 valence electrons. The van der Waals surface area contributed by atoms with Gasteiger partial charge in [-0.15, -0.1) is 0 Å². The average Bonchev–Trinajstić information content (AvgIpc) is 2.64. The highest BCUT2D eigenvalue weighted by Gasteiger charge is 2.45. The van der Waals surface area contributed by atoms with Crippen molar-refractivity contribution < 1.29 is 9.53 Å². The third-order valence-corrected chi connectivity index (χ3v) is 3.31. The van der Waals surface area contributed by atoms with Crippen molar-refractivity contribution in [3.05, 3.63) is 11.2 Å². The zero-order chi connectivity index (χ0) is 11.9. The van der Waals surface area contributed by atoms with Gasteiger partial charge in [0, 0.05) is 12.8 Å². The Labute approximate surface area is 96.6 Å². The lowest BCUT2D eigenvalue weighted by atomic mass is 9.58. The molecule has 0 fully saturated rings. The van der Waals surface area contributed by atoms with Crippen molar-refractivity contribution >= 4 is 18.9 Å². The molecule has 0 saturated heterocycles. The number of carbonyl (C=O) groups excluding carboxylic acids is 1. The predicted molar refractivity (Wildman–Crippen MR) is 63.2 cm³/mol. The number of nitrogens with zero attached hydrogens (tertiary/aromatic N) is 2. The molecule has 2 atom stereocenters. The van der Waals surface area contributed by atoms with Gasteiger partial charge in [0.15, 0.2) is 7.28 Å². The molecule has 2 rings (SSSR count). The van der Waals surface area contributed by atoms with Crippen LogP contribution in [0.2, 0.25) is 5.82 Å². The number of amides is 1. The Morgan fingerprint density at radius 3 is 2.81 bits per heavy atom. The summed E-state index contributed by atoms with van der Waals surface area (Å²) in [6.45, 7) is 4.03. The summed E-state index contributed by atoms with van der Waals surface area (Å²) < 4.78 is 5.40. The molecule has 2 aliphatic heterocycles. The molecule has 5 heteroatoms. The van der Waals surface area contributed by atoms with Crippen LogP contribution in [0.4, 0.5) is 0 Å². The van der Waals surface area contributed by atoms with Crippen molar-refractivity contribution in [1.82, 2.24) is 5.01 Å². The van der Waals surface area contributed by atoms with E-state index in [1.807, 2.05) is 6.92 Å². The van der Waals surface area contributed by atoms with E-state index in [1.165, 1.54) is 5.01 Å². The van der Waals surface area contributed by atoms with Crippen molar-refractivity contribution in [3.63, 3.8) is 0 Å². The maximum atomic E-state index is 12.1. The fourth-order valence-electron chi connectivity index (χ4n) is 2.49. The average molecular weight is 219 g/mol. The molecule has 0 aromatic heterocycles. The number of fused-ring (bicyclic) bond motifs is 1. The molecule has 1 radical (unpaired) electrons. The van der Waals surface area contributed by atoms with E-state index >= 15 is 0 Å². The van der Waals surface area contributed by atoms with Crippen LogP contribution in [0.15, 0.2) is 16.3 Å². The number of hydrogen-bond acceptors (Lipinski definition) is 3. The highest BCUT2D eigenvalue weighted by atomic mass is 16.5. The summed E-state index contributed by atoms with van der Waals surface area (Å²) >= 11 is 0. The van der Waals surface area contributed by atoms with Crippen molar-refractivity contribution in [2.24, 2.45) is 11.0 Å². The highest BCUT2D eigenvalue weighted by Crippen LogP contribution is 2.41. The van der Waals surface area contributed by atoms with Crippen LogP contribution in [0.1, 0.15) is 20.3 Å². The normalized spacial score (nSPS) is 28.9. The van der Waals surface area contributed by atoms with E-state index in [0.717, 1.165) is 23.4 Å². The second-order valence-corrected chi connectivity index (χ2v) is 4.22. The van der Waals surface area contributed by atoms with Gasteiger partial charge in [-0.3, -0.25) is 4.79 Å². The first kappa shape index (κ1) is 11.2. The van der Waals surface area contributed by atoms with Gasteiger partial charge < -0.3 is 4.74 Å². The SMILES string of the molecule is CCC1=C(OC)C2C(=O)N(C)N=C(C)C2[B]1. The molecule has 1 amide bonds. The number of carbonyl (C=O) groups is 1. The lowest BCUT2D eigenvalue weighted by Gasteiger charge is -2.29. The lowest BCUT2D eigenvalue weighted by molar-refractivity contribution is -0.134. The molecular weight excluding hydrogens is 203 g/mol. The molecule has 2 unspecified atom stereocenters. The van der Waals surface area contributed by atoms with E-state index in [1.54, 1.807) is 14.2 Å². The molecule has 0 aromatic rings. The molecule has 0 N–H and O–H groups in total. The first-order valence-electron chi connectivity index (χ1n) is 5.54. The summed E-state index contributed by atoms with van der Waals surface area (Å²) in [6.07, 6.45) is 0.889. The van der Waals surface area contributed by atoms with E-state index in [2.05, 4.69) is 19.3 Å². The fraction of sp³-hybridized carbons (Fsp3) is 0.636. The summed E-state index contributed by atoms with van der Waals surface area (Å²) in [7, 11) is 5.45. The Balaban J connectivity index is 2.41. The monoisotopic (exact) mass is 219 g/mol. The Hall–Kier alpha value is -1.26. The first-order valence-corrected chi connectivity index (χ1v) is 5.54. The molecule has 0 aromatic carbocycles. The van der Waals surface area contributed by atoms with E-state index in [4.69, 9.17) is 4.74 Å². The lowest BCUT2D eigenvalue weighted by Crippen LogP contribution is -2.39. The largest absolute Gasteiger partial charge is 0.501 e. The van der Waals surface area contributed by atoms with Crippen LogP contribution in [0.25, 0.3) is 0 Å². The topological polar surface area (TPSA) is 41.9 Å². The van der Waals surface area contributed by atoms with Gasteiger partial charge in [-0.05, 0) is 19.2 Å². The zero-order valence-electron chi connectivity index (χ0n) is 10.2. The Morgan fingerprint density at radius 1 is 1.56 bits per heavy atom. The van der Waals surface area contributed by atoms with Crippen LogP contribution in [0.5, 0.6) is 0 Å². The molecular formula is C11H16BN2O2. The van der Waals surface area contributed by atoms with E-state index in [-0.39, 0.29) is 17.6 Å². The maximum absolute atomic E-state index is 12.1. The minimum Gasteiger partial charge on any atom is -0.501 e. The molecule has 2 heterocycles. The third kappa shape index (κ3) is 1.46. The summed E-state index contributed by atoms with van der Waals surface area (Å²) in [5.41, 5.74) is 2.11. The van der Waals surface area contributed by atoms with E-state index in [0.29, 0.717) is 0 Å². The minimum absolute atomic E-state index is 0.0205. The molecule has 0 saturated carbocycles. The van der Waals surface area contributed by atoms with Crippen molar-refractivity contribution in [2.75, 3.05) is 14.2 Å². The van der Waals surface area contributed by atoms with Gasteiger partial charge in [-0.1, -0.05) is 12.4 Å². The molecule has 2 aliphatic rings. The molecule has 4 nitrogen and oxygen atoms in total. The van der Waals surface area contributed by atoms with Crippen LogP contribution in [-0.4, -0.2) is 38.1 Å². The highest BCUT2D eigenvalue weighted by molar-refractivity contribution is 6.55. The van der Waals surface area contributed by atoms with E-state index in [9.17, 15) is 4.79 Å². The van der Waals surface area contributed by atoms with E-state index < -0.39 is 0 Å². The standard InChI is InChI=1S/C11H16BN2O2/c1-5-7-10(16-4)8-9(12-7)6(2)13-14(3)11(8)15/h8-9H,5H2,1-4H3. The van der Waals surface area contributed by atoms with Gasteiger partial charge in [0.1, 0.15) is 0 Å². The van der Waals surface area contributed by atoms with Gasteiger partial charge in [0.2, 0.25) is 0 Å². The van der Waals surface area contributed by atoms with Crippen LogP contribution >= 0.6 is 0 Å². The van der Waals surface area contributed by atoms with Crippen LogP contribution in [0, 0.1) is 5.92 Å². The summed E-state index contributed by atoms with van der Waals surface area (Å²) in [5.74, 6) is 0.738. The second-order valence-electron chi connectivity index (χ2n) is 4.22. The Kier molecular flexibility index (Phi) is 2.78. The number of rotatable bonds is 2. The third-order valence-electron chi connectivity index (χ3n) is 3.31. The zero-order valence-corrected chi connectivity index (χ0v) is 10.2. The van der Waals surface area contributed by atoms with Crippen molar-refractivity contribution in [1.29, 1.82) is 0 Å². The van der Waals surface area contributed by atoms with Gasteiger partial charge in [0.05, 0.1) is 18.8 Å². The second kappa shape index (κ2) is 3.96. The number of allylic oxidation sites excluding steroid dienone is 1. The Morgan fingerprint density at radius 2 is 2.25 bits per heavy atom. The molecule has 0 aliphatic carbocycles. The van der Waals surface area contributed by atoms with Crippen molar-refractivity contribution in [3.8, 4) is 0 Å². The fourth-order valence-corrected chi connectivity index (χ4v) is 2.49. The number of hydrogen-bond donors (Lipinski definition) is 0. The van der Waals surface area contributed by atoms with Gasteiger partial charge in [-0.25, -0.2) is 5.01 Å². The van der Waals surface area contributed by atoms with Crippen LogP contribution < -0.4 is 0 Å². The smallest absolute Gasteiger partial charge is 0.253 e. The number of ether oxygens (including phenoxy) is 1.